The number of nitrogens with zero attached hydrogens (tertiary/aromatic N) is 1. The topological polar surface area (TPSA) is 49.4 Å². The average molecular weight is 280 g/mol. The maximum Gasteiger partial charge on any atom is 0.243 e. The smallest absolute Gasteiger partial charge is 0.243 e. The first-order valence-electron chi connectivity index (χ1n) is 6.59. The normalized spacial score (nSPS) is 16.7. The monoisotopic (exact) mass is 280 g/mol. The average Bonchev–Trinajstić information content (AvgIpc) is 2.46. The van der Waals surface area contributed by atoms with Crippen molar-refractivity contribution in [2.24, 2.45) is 0 Å². The van der Waals surface area contributed by atoms with Crippen LogP contribution in [0.25, 0.3) is 0 Å². The van der Waals surface area contributed by atoms with Crippen LogP contribution < -0.4 is 5.32 Å². The number of nitrogens with one attached hydrogen (secondary N) is 1. The Morgan fingerprint density at radius 2 is 2.16 bits per heavy atom. The lowest BCUT2D eigenvalue weighted by molar-refractivity contribution is 0.437. The lowest BCUT2D eigenvalue weighted by atomic mass is 10.2. The zero-order chi connectivity index (χ0) is 13.7. The van der Waals surface area contributed by atoms with Crippen LogP contribution in [0.4, 0.5) is 0 Å². The predicted molar refractivity (Wildman–Crippen MR) is 76.3 cm³/mol. The molecule has 4 nitrogen and oxygen atoms in total. The summed E-state index contributed by atoms with van der Waals surface area (Å²) in [7, 11) is -3.36. The largest absolute Gasteiger partial charge is 0.313 e. The van der Waals surface area contributed by atoms with Gasteiger partial charge in [0.15, 0.2) is 0 Å². The number of rotatable bonds is 5. The molecule has 0 amide bonds. The van der Waals surface area contributed by atoms with Crippen LogP contribution in [-0.4, -0.2) is 32.4 Å². The van der Waals surface area contributed by atoms with E-state index in [0.717, 1.165) is 18.5 Å². The van der Waals surface area contributed by atoms with Crippen LogP contribution >= 0.6 is 0 Å². The molecule has 1 aliphatic heterocycles. The van der Waals surface area contributed by atoms with Crippen LogP contribution in [0.2, 0.25) is 0 Å². The van der Waals surface area contributed by atoms with Gasteiger partial charge in [-0.3, -0.25) is 0 Å². The van der Waals surface area contributed by atoms with Crippen molar-refractivity contribution < 1.29 is 8.42 Å². The summed E-state index contributed by atoms with van der Waals surface area (Å²) >= 11 is 0. The Hall–Kier alpha value is -1.17. The molecule has 0 fully saturated rings. The molecule has 1 heterocycles. The van der Waals surface area contributed by atoms with Gasteiger partial charge in [0.1, 0.15) is 0 Å². The standard InChI is InChI=1S/C14H20N2O2S/c1-2-15-12-13-7-6-8-14(11-13)19(17,18)16-9-4-3-5-10-16/h3-4,6-8,11,15H,2,5,9-10,12H2,1H3. The third-order valence-corrected chi connectivity index (χ3v) is 5.00. The summed E-state index contributed by atoms with van der Waals surface area (Å²) < 4.78 is 26.5. The number of benzene rings is 1. The van der Waals surface area contributed by atoms with Crippen LogP contribution in [0.1, 0.15) is 18.9 Å². The van der Waals surface area contributed by atoms with E-state index in [1.54, 1.807) is 18.2 Å². The molecule has 1 aromatic carbocycles. The van der Waals surface area contributed by atoms with E-state index < -0.39 is 10.0 Å². The highest BCUT2D eigenvalue weighted by Gasteiger charge is 2.24. The van der Waals surface area contributed by atoms with Crippen molar-refractivity contribution in [2.45, 2.75) is 24.8 Å². The Morgan fingerprint density at radius 1 is 1.32 bits per heavy atom. The Kier molecular flexibility index (Phi) is 4.74. The number of hydrogen-bond donors (Lipinski definition) is 1. The van der Waals surface area contributed by atoms with Gasteiger partial charge in [0.25, 0.3) is 0 Å². The van der Waals surface area contributed by atoms with Crippen molar-refractivity contribution in [2.75, 3.05) is 19.6 Å². The molecule has 19 heavy (non-hydrogen) atoms. The molecule has 0 bridgehead atoms. The fourth-order valence-corrected chi connectivity index (χ4v) is 3.55. The lowest BCUT2D eigenvalue weighted by Crippen LogP contribution is -2.33. The van der Waals surface area contributed by atoms with Crippen LogP contribution in [0.5, 0.6) is 0 Å². The summed E-state index contributed by atoms with van der Waals surface area (Å²) in [6.45, 7) is 4.63. The lowest BCUT2D eigenvalue weighted by Gasteiger charge is -2.23. The molecule has 0 atom stereocenters. The van der Waals surface area contributed by atoms with Crippen molar-refractivity contribution in [1.82, 2.24) is 9.62 Å². The molecule has 1 aromatic rings. The van der Waals surface area contributed by atoms with Gasteiger partial charge in [0.05, 0.1) is 4.90 Å². The van der Waals surface area contributed by atoms with Gasteiger partial charge in [-0.15, -0.1) is 0 Å². The van der Waals surface area contributed by atoms with Gasteiger partial charge in [-0.05, 0) is 30.7 Å². The van der Waals surface area contributed by atoms with Crippen molar-refractivity contribution in [1.29, 1.82) is 0 Å². The van der Waals surface area contributed by atoms with Gasteiger partial charge >= 0.3 is 0 Å². The molecule has 104 valence electrons. The first-order chi connectivity index (χ1) is 9.14. The first-order valence-corrected chi connectivity index (χ1v) is 8.03. The van der Waals surface area contributed by atoms with Crippen LogP contribution in [0.3, 0.4) is 0 Å². The highest BCUT2D eigenvalue weighted by molar-refractivity contribution is 7.89. The van der Waals surface area contributed by atoms with Crippen LogP contribution in [-0.2, 0) is 16.6 Å². The van der Waals surface area contributed by atoms with E-state index in [0.29, 0.717) is 24.5 Å². The van der Waals surface area contributed by atoms with E-state index in [-0.39, 0.29) is 0 Å². The van der Waals surface area contributed by atoms with Gasteiger partial charge in [-0.2, -0.15) is 4.31 Å². The van der Waals surface area contributed by atoms with E-state index >= 15 is 0 Å². The van der Waals surface area contributed by atoms with Crippen LogP contribution in [0, 0.1) is 0 Å². The minimum absolute atomic E-state index is 0.387. The van der Waals surface area contributed by atoms with Gasteiger partial charge in [0, 0.05) is 19.6 Å². The molecule has 0 radical (unpaired) electrons. The van der Waals surface area contributed by atoms with E-state index in [1.165, 1.54) is 4.31 Å². The fourth-order valence-electron chi connectivity index (χ4n) is 2.07. The van der Waals surface area contributed by atoms with Crippen molar-refractivity contribution in [3.63, 3.8) is 0 Å². The maximum atomic E-state index is 12.5. The second-order valence-electron chi connectivity index (χ2n) is 4.55. The fraction of sp³-hybridized carbons (Fsp3) is 0.429. The summed E-state index contributed by atoms with van der Waals surface area (Å²) in [6.07, 6.45) is 4.72. The number of hydrogen-bond acceptors (Lipinski definition) is 3. The third kappa shape index (κ3) is 3.43. The van der Waals surface area contributed by atoms with Gasteiger partial charge in [0.2, 0.25) is 10.0 Å². The van der Waals surface area contributed by atoms with Crippen molar-refractivity contribution >= 4 is 10.0 Å². The molecule has 0 aliphatic carbocycles. The summed E-state index contributed by atoms with van der Waals surface area (Å²) in [5, 5.41) is 3.20. The zero-order valence-corrected chi connectivity index (χ0v) is 12.0. The quantitative estimate of drug-likeness (QED) is 0.836. The second kappa shape index (κ2) is 6.32. The summed E-state index contributed by atoms with van der Waals surface area (Å²) in [5.74, 6) is 0. The Bertz CT molecular complexity index is 552. The first kappa shape index (κ1) is 14.2. The molecule has 0 spiro atoms. The Balaban J connectivity index is 2.22. The van der Waals surface area contributed by atoms with E-state index in [4.69, 9.17) is 0 Å². The molecule has 0 aromatic heterocycles. The SMILES string of the molecule is CCNCc1cccc(S(=O)(=O)N2CC=CCC2)c1. The summed E-state index contributed by atoms with van der Waals surface area (Å²) in [6, 6.07) is 7.18. The highest BCUT2D eigenvalue weighted by Crippen LogP contribution is 2.19. The van der Waals surface area contributed by atoms with Gasteiger partial charge in [-0.1, -0.05) is 31.2 Å². The predicted octanol–water partition coefficient (Wildman–Crippen LogP) is 1.75. The van der Waals surface area contributed by atoms with E-state index in [1.807, 2.05) is 25.1 Å². The number of sulfonamides is 1. The zero-order valence-electron chi connectivity index (χ0n) is 11.2. The molecule has 1 N–H and O–H groups in total. The molecule has 0 saturated heterocycles. The highest BCUT2D eigenvalue weighted by atomic mass is 32.2. The summed E-state index contributed by atoms with van der Waals surface area (Å²) in [5.41, 5.74) is 0.996. The molecule has 0 saturated carbocycles. The summed E-state index contributed by atoms with van der Waals surface area (Å²) in [4.78, 5) is 0.387. The Labute approximate surface area is 115 Å². The molecular weight excluding hydrogens is 260 g/mol. The van der Waals surface area contributed by atoms with Gasteiger partial charge < -0.3 is 5.32 Å². The maximum absolute atomic E-state index is 12.5. The molecule has 5 heteroatoms. The second-order valence-corrected chi connectivity index (χ2v) is 6.49. The third-order valence-electron chi connectivity index (χ3n) is 3.14. The van der Waals surface area contributed by atoms with Crippen LogP contribution in [0.15, 0.2) is 41.3 Å². The minimum atomic E-state index is -3.36. The van der Waals surface area contributed by atoms with Crippen molar-refractivity contribution in [3.05, 3.63) is 42.0 Å². The Morgan fingerprint density at radius 3 is 2.84 bits per heavy atom. The molecular formula is C14H20N2O2S. The minimum Gasteiger partial charge on any atom is -0.313 e. The molecule has 1 aliphatic rings. The van der Waals surface area contributed by atoms with E-state index in [9.17, 15) is 8.42 Å². The molecule has 2 rings (SSSR count). The van der Waals surface area contributed by atoms with E-state index in [2.05, 4.69) is 5.32 Å². The van der Waals surface area contributed by atoms with Crippen molar-refractivity contribution in [3.8, 4) is 0 Å². The van der Waals surface area contributed by atoms with Gasteiger partial charge in [-0.25, -0.2) is 8.42 Å². The molecule has 0 unspecified atom stereocenters.